The summed E-state index contributed by atoms with van der Waals surface area (Å²) in [5.74, 6) is 1.15. The third-order valence-electron chi connectivity index (χ3n) is 3.97. The zero-order valence-corrected chi connectivity index (χ0v) is 13.8. The molecular weight excluding hydrogens is 328 g/mol. The highest BCUT2D eigenvalue weighted by Crippen LogP contribution is 2.19. The Kier molecular flexibility index (Phi) is 6.14. The van der Waals surface area contributed by atoms with Gasteiger partial charge < -0.3 is 19.7 Å². The van der Waals surface area contributed by atoms with Crippen LogP contribution >= 0.6 is 0 Å². The van der Waals surface area contributed by atoms with Crippen LogP contribution in [0.4, 0.5) is 14.6 Å². The second-order valence-corrected chi connectivity index (χ2v) is 5.71. The molecule has 0 saturated carbocycles. The molecule has 1 aliphatic heterocycles. The Morgan fingerprint density at radius 2 is 1.88 bits per heavy atom. The molecule has 0 unspecified atom stereocenters. The number of aromatic nitrogens is 1. The van der Waals surface area contributed by atoms with Crippen molar-refractivity contribution in [2.75, 3.05) is 31.2 Å². The Balaban J connectivity index is 1.55. The number of morpholine rings is 1. The lowest BCUT2D eigenvalue weighted by molar-refractivity contribution is -0.0498. The molecule has 1 aromatic heterocycles. The van der Waals surface area contributed by atoms with Gasteiger partial charge in [-0.05, 0) is 23.8 Å². The molecule has 25 heavy (non-hydrogen) atoms. The summed E-state index contributed by atoms with van der Waals surface area (Å²) in [6.07, 6.45) is 1.80. The van der Waals surface area contributed by atoms with Gasteiger partial charge in [-0.1, -0.05) is 18.2 Å². The molecule has 0 amide bonds. The number of alkyl halides is 2. The molecule has 7 heteroatoms. The Bertz CT molecular complexity index is 662. The van der Waals surface area contributed by atoms with Gasteiger partial charge in [0.15, 0.2) is 0 Å². The average Bonchev–Trinajstić information content (AvgIpc) is 2.64. The highest BCUT2D eigenvalue weighted by atomic mass is 19.3. The molecular formula is C18H21F2N3O2. The van der Waals surface area contributed by atoms with Crippen molar-refractivity contribution in [3.05, 3.63) is 53.7 Å². The van der Waals surface area contributed by atoms with Crippen molar-refractivity contribution in [3.8, 4) is 5.75 Å². The molecule has 0 atom stereocenters. The molecule has 0 spiro atoms. The lowest BCUT2D eigenvalue weighted by Crippen LogP contribution is -2.37. The number of nitrogens with one attached hydrogen (secondary N) is 1. The Hall–Kier alpha value is -2.25. The average molecular weight is 349 g/mol. The molecule has 0 aliphatic carbocycles. The van der Waals surface area contributed by atoms with E-state index in [2.05, 4.69) is 26.0 Å². The van der Waals surface area contributed by atoms with Crippen LogP contribution in [0.15, 0.2) is 42.6 Å². The van der Waals surface area contributed by atoms with E-state index in [0.29, 0.717) is 13.1 Å². The largest absolute Gasteiger partial charge is 0.435 e. The molecule has 5 nitrogen and oxygen atoms in total. The van der Waals surface area contributed by atoms with Gasteiger partial charge in [-0.25, -0.2) is 4.98 Å². The molecule has 1 aliphatic rings. The van der Waals surface area contributed by atoms with E-state index in [-0.39, 0.29) is 5.75 Å². The van der Waals surface area contributed by atoms with Crippen LogP contribution in [-0.2, 0) is 17.8 Å². The SMILES string of the molecule is FC(F)Oc1ccc(CNCc2cccnc2N2CCOCC2)cc1. The maximum absolute atomic E-state index is 12.2. The molecule has 1 fully saturated rings. The molecule has 1 N–H and O–H groups in total. The minimum atomic E-state index is -2.80. The fraction of sp³-hybridized carbons (Fsp3) is 0.389. The standard InChI is InChI=1S/C18H21F2N3O2/c19-18(20)25-16-5-3-14(4-6-16)12-21-13-15-2-1-7-22-17(15)23-8-10-24-11-9-23/h1-7,18,21H,8-13H2. The summed E-state index contributed by atoms with van der Waals surface area (Å²) in [6.45, 7) is 1.63. The van der Waals surface area contributed by atoms with Crippen LogP contribution in [0.3, 0.4) is 0 Å². The molecule has 0 bridgehead atoms. The Labute approximate surface area is 145 Å². The van der Waals surface area contributed by atoms with Crippen LogP contribution in [0.1, 0.15) is 11.1 Å². The van der Waals surface area contributed by atoms with Crippen molar-refractivity contribution < 1.29 is 18.3 Å². The predicted molar refractivity (Wildman–Crippen MR) is 90.9 cm³/mol. The smallest absolute Gasteiger partial charge is 0.387 e. The van der Waals surface area contributed by atoms with Crippen molar-refractivity contribution in [1.82, 2.24) is 10.3 Å². The highest BCUT2D eigenvalue weighted by Gasteiger charge is 2.15. The van der Waals surface area contributed by atoms with Crippen molar-refractivity contribution in [3.63, 3.8) is 0 Å². The van der Waals surface area contributed by atoms with Crippen molar-refractivity contribution >= 4 is 5.82 Å². The van der Waals surface area contributed by atoms with Crippen LogP contribution in [0.5, 0.6) is 5.75 Å². The topological polar surface area (TPSA) is 46.6 Å². The summed E-state index contributed by atoms with van der Waals surface area (Å²) in [7, 11) is 0. The van der Waals surface area contributed by atoms with E-state index < -0.39 is 6.61 Å². The van der Waals surface area contributed by atoms with E-state index in [1.807, 2.05) is 6.07 Å². The summed E-state index contributed by atoms with van der Waals surface area (Å²) in [4.78, 5) is 6.74. The molecule has 2 heterocycles. The number of halogens is 2. The second-order valence-electron chi connectivity index (χ2n) is 5.71. The molecule has 2 aromatic rings. The van der Waals surface area contributed by atoms with Gasteiger partial charge in [-0.2, -0.15) is 8.78 Å². The molecule has 1 saturated heterocycles. The fourth-order valence-corrected chi connectivity index (χ4v) is 2.76. The van der Waals surface area contributed by atoms with Crippen LogP contribution in [0, 0.1) is 0 Å². The minimum absolute atomic E-state index is 0.167. The van der Waals surface area contributed by atoms with E-state index in [9.17, 15) is 8.78 Å². The van der Waals surface area contributed by atoms with Gasteiger partial charge in [-0.3, -0.25) is 0 Å². The van der Waals surface area contributed by atoms with Gasteiger partial charge in [0.05, 0.1) is 13.2 Å². The maximum atomic E-state index is 12.2. The van der Waals surface area contributed by atoms with E-state index in [4.69, 9.17) is 4.74 Å². The zero-order valence-electron chi connectivity index (χ0n) is 13.8. The first kappa shape index (κ1) is 17.6. The number of hydrogen-bond donors (Lipinski definition) is 1. The van der Waals surface area contributed by atoms with Crippen LogP contribution in [0.2, 0.25) is 0 Å². The maximum Gasteiger partial charge on any atom is 0.387 e. The van der Waals surface area contributed by atoms with Gasteiger partial charge in [0.2, 0.25) is 0 Å². The van der Waals surface area contributed by atoms with Crippen LogP contribution in [-0.4, -0.2) is 37.9 Å². The number of benzene rings is 1. The van der Waals surface area contributed by atoms with Gasteiger partial charge >= 0.3 is 6.61 Å². The normalized spacial score (nSPS) is 14.8. The lowest BCUT2D eigenvalue weighted by atomic mass is 10.2. The van der Waals surface area contributed by atoms with Crippen molar-refractivity contribution in [1.29, 1.82) is 0 Å². The van der Waals surface area contributed by atoms with Crippen LogP contribution < -0.4 is 15.0 Å². The van der Waals surface area contributed by atoms with Crippen LogP contribution in [0.25, 0.3) is 0 Å². The van der Waals surface area contributed by atoms with Gasteiger partial charge in [0, 0.05) is 37.9 Å². The number of ether oxygens (including phenoxy) is 2. The number of rotatable bonds is 7. The fourth-order valence-electron chi connectivity index (χ4n) is 2.76. The quantitative estimate of drug-likeness (QED) is 0.833. The monoisotopic (exact) mass is 349 g/mol. The van der Waals surface area contributed by atoms with E-state index in [0.717, 1.165) is 43.2 Å². The van der Waals surface area contributed by atoms with Gasteiger partial charge in [0.1, 0.15) is 11.6 Å². The molecule has 134 valence electrons. The number of hydrogen-bond acceptors (Lipinski definition) is 5. The molecule has 1 aromatic carbocycles. The molecule has 3 rings (SSSR count). The Morgan fingerprint density at radius 3 is 2.60 bits per heavy atom. The van der Waals surface area contributed by atoms with E-state index >= 15 is 0 Å². The number of nitrogens with zero attached hydrogens (tertiary/aromatic N) is 2. The Morgan fingerprint density at radius 1 is 1.12 bits per heavy atom. The first-order valence-electron chi connectivity index (χ1n) is 8.23. The minimum Gasteiger partial charge on any atom is -0.435 e. The molecule has 0 radical (unpaired) electrons. The third kappa shape index (κ3) is 5.11. The zero-order chi connectivity index (χ0) is 17.5. The second kappa shape index (κ2) is 8.73. The summed E-state index contributed by atoms with van der Waals surface area (Å²) >= 11 is 0. The van der Waals surface area contributed by atoms with Crippen molar-refractivity contribution in [2.24, 2.45) is 0 Å². The first-order chi connectivity index (χ1) is 12.2. The van der Waals surface area contributed by atoms with E-state index in [1.54, 1.807) is 30.5 Å². The summed E-state index contributed by atoms with van der Waals surface area (Å²) in [5.41, 5.74) is 2.13. The number of anilines is 1. The van der Waals surface area contributed by atoms with Gasteiger partial charge in [0.25, 0.3) is 0 Å². The van der Waals surface area contributed by atoms with E-state index in [1.165, 1.54) is 0 Å². The van der Waals surface area contributed by atoms with Gasteiger partial charge in [-0.15, -0.1) is 0 Å². The third-order valence-corrected chi connectivity index (χ3v) is 3.97. The first-order valence-corrected chi connectivity index (χ1v) is 8.23. The summed E-state index contributed by atoms with van der Waals surface area (Å²) in [6, 6.07) is 10.6. The summed E-state index contributed by atoms with van der Waals surface area (Å²) < 4.78 is 34.0. The number of pyridine rings is 1. The summed E-state index contributed by atoms with van der Waals surface area (Å²) in [5, 5.41) is 3.37. The predicted octanol–water partition coefficient (Wildman–Crippen LogP) is 2.81. The lowest BCUT2D eigenvalue weighted by Gasteiger charge is -2.29. The highest BCUT2D eigenvalue weighted by molar-refractivity contribution is 5.47. The van der Waals surface area contributed by atoms with Crippen molar-refractivity contribution in [2.45, 2.75) is 19.7 Å².